The van der Waals surface area contributed by atoms with Gasteiger partial charge >= 0.3 is 0 Å². The molecule has 3 aromatic carbocycles. The van der Waals surface area contributed by atoms with Crippen LogP contribution in [-0.4, -0.2) is 23.5 Å². The van der Waals surface area contributed by atoms with Gasteiger partial charge in [0.15, 0.2) is 0 Å². The number of ether oxygens (including phenoxy) is 1. The molecule has 1 aliphatic heterocycles. The first-order valence-corrected chi connectivity index (χ1v) is 10.8. The third-order valence-electron chi connectivity index (χ3n) is 5.77. The predicted octanol–water partition coefficient (Wildman–Crippen LogP) is 5.81. The standard InChI is InChI=1S/C27H25NO3/c29-27(26-11-6-16-30-26)28(19-24-17-23-9-4-5-10-25(23)31-24)18-20-12-14-22(15-13-20)21-7-2-1-3-8-21/h1-5,7-10,12-15,17,26H,6,11,16,18-19H2/t26-/m0/s1. The van der Waals surface area contributed by atoms with Crippen LogP contribution in [0.25, 0.3) is 22.1 Å². The average Bonchev–Trinajstić information content (AvgIpc) is 3.49. The van der Waals surface area contributed by atoms with Crippen molar-refractivity contribution in [1.82, 2.24) is 4.90 Å². The van der Waals surface area contributed by atoms with Crippen molar-refractivity contribution in [2.45, 2.75) is 32.0 Å². The number of hydrogen-bond acceptors (Lipinski definition) is 3. The summed E-state index contributed by atoms with van der Waals surface area (Å²) in [6.45, 7) is 1.60. The number of nitrogens with zero attached hydrogens (tertiary/aromatic N) is 1. The van der Waals surface area contributed by atoms with Crippen molar-refractivity contribution in [3.05, 3.63) is 96.3 Å². The molecule has 4 heteroatoms. The number of amides is 1. The first-order valence-electron chi connectivity index (χ1n) is 10.8. The fourth-order valence-corrected chi connectivity index (χ4v) is 4.14. The zero-order chi connectivity index (χ0) is 21.0. The van der Waals surface area contributed by atoms with Gasteiger partial charge in [0.05, 0.1) is 6.54 Å². The minimum atomic E-state index is -0.354. The van der Waals surface area contributed by atoms with E-state index in [1.165, 1.54) is 11.1 Å². The van der Waals surface area contributed by atoms with Gasteiger partial charge in [0.25, 0.3) is 5.91 Å². The van der Waals surface area contributed by atoms with E-state index in [4.69, 9.17) is 9.15 Å². The number of carbonyl (C=O) groups excluding carboxylic acids is 1. The maximum Gasteiger partial charge on any atom is 0.252 e. The fraction of sp³-hybridized carbons (Fsp3) is 0.222. The van der Waals surface area contributed by atoms with E-state index in [1.807, 2.05) is 53.4 Å². The van der Waals surface area contributed by atoms with E-state index in [0.717, 1.165) is 35.1 Å². The van der Waals surface area contributed by atoms with E-state index >= 15 is 0 Å². The molecule has 0 aliphatic carbocycles. The molecule has 0 radical (unpaired) electrons. The zero-order valence-corrected chi connectivity index (χ0v) is 17.4. The molecule has 2 heterocycles. The number of rotatable bonds is 6. The summed E-state index contributed by atoms with van der Waals surface area (Å²) in [5.41, 5.74) is 4.28. The SMILES string of the molecule is O=C([C@@H]1CCCO1)N(Cc1ccc(-c2ccccc2)cc1)Cc1cc2ccccc2o1. The van der Waals surface area contributed by atoms with Gasteiger partial charge in [-0.3, -0.25) is 4.79 Å². The molecule has 4 nitrogen and oxygen atoms in total. The van der Waals surface area contributed by atoms with E-state index in [2.05, 4.69) is 36.4 Å². The molecule has 5 rings (SSSR count). The second-order valence-electron chi connectivity index (χ2n) is 8.01. The Morgan fingerprint density at radius 1 is 0.871 bits per heavy atom. The van der Waals surface area contributed by atoms with E-state index < -0.39 is 0 Å². The Morgan fingerprint density at radius 2 is 1.61 bits per heavy atom. The van der Waals surface area contributed by atoms with Gasteiger partial charge in [-0.2, -0.15) is 0 Å². The maximum atomic E-state index is 13.2. The molecule has 1 aromatic heterocycles. The molecule has 0 spiro atoms. The van der Waals surface area contributed by atoms with Gasteiger partial charge in [0, 0.05) is 18.5 Å². The second-order valence-corrected chi connectivity index (χ2v) is 8.01. The van der Waals surface area contributed by atoms with Crippen molar-refractivity contribution in [3.63, 3.8) is 0 Å². The van der Waals surface area contributed by atoms with Crippen LogP contribution >= 0.6 is 0 Å². The molecule has 4 aromatic rings. The molecule has 156 valence electrons. The van der Waals surface area contributed by atoms with Gasteiger partial charge < -0.3 is 14.1 Å². The Hall–Kier alpha value is -3.37. The molecular weight excluding hydrogens is 386 g/mol. The Kier molecular flexibility index (Phi) is 5.55. The Morgan fingerprint density at radius 3 is 2.35 bits per heavy atom. The molecule has 1 aliphatic rings. The van der Waals surface area contributed by atoms with Crippen LogP contribution in [0.5, 0.6) is 0 Å². The van der Waals surface area contributed by atoms with Crippen LogP contribution in [0.1, 0.15) is 24.2 Å². The molecule has 0 unspecified atom stereocenters. The normalized spacial score (nSPS) is 15.9. The van der Waals surface area contributed by atoms with Crippen molar-refractivity contribution in [1.29, 1.82) is 0 Å². The molecule has 1 fully saturated rings. The number of hydrogen-bond donors (Lipinski definition) is 0. The summed E-state index contributed by atoms with van der Waals surface area (Å²) in [4.78, 5) is 15.1. The van der Waals surface area contributed by atoms with Crippen molar-refractivity contribution in [2.24, 2.45) is 0 Å². The highest BCUT2D eigenvalue weighted by atomic mass is 16.5. The number of benzene rings is 3. The number of furan rings is 1. The topological polar surface area (TPSA) is 42.7 Å². The third-order valence-corrected chi connectivity index (χ3v) is 5.77. The Bertz CT molecular complexity index is 1130. The lowest BCUT2D eigenvalue weighted by atomic mass is 10.0. The quantitative estimate of drug-likeness (QED) is 0.402. The molecule has 0 bridgehead atoms. The Labute approximate surface area is 182 Å². The highest BCUT2D eigenvalue weighted by Gasteiger charge is 2.29. The zero-order valence-electron chi connectivity index (χ0n) is 17.4. The van der Waals surface area contributed by atoms with E-state index in [0.29, 0.717) is 19.7 Å². The van der Waals surface area contributed by atoms with E-state index in [9.17, 15) is 4.79 Å². The first kappa shape index (κ1) is 19.6. The lowest BCUT2D eigenvalue weighted by molar-refractivity contribution is -0.142. The number of fused-ring (bicyclic) bond motifs is 1. The maximum absolute atomic E-state index is 13.2. The van der Waals surface area contributed by atoms with Crippen molar-refractivity contribution in [3.8, 4) is 11.1 Å². The summed E-state index contributed by atoms with van der Waals surface area (Å²) >= 11 is 0. The van der Waals surface area contributed by atoms with Crippen LogP contribution in [0, 0.1) is 0 Å². The highest BCUT2D eigenvalue weighted by molar-refractivity contribution is 5.82. The summed E-state index contributed by atoms with van der Waals surface area (Å²) in [7, 11) is 0. The largest absolute Gasteiger partial charge is 0.459 e. The van der Waals surface area contributed by atoms with Crippen LogP contribution in [0.2, 0.25) is 0 Å². The van der Waals surface area contributed by atoms with Crippen LogP contribution in [0.3, 0.4) is 0 Å². The summed E-state index contributed by atoms with van der Waals surface area (Å²) in [5, 5.41) is 1.05. The summed E-state index contributed by atoms with van der Waals surface area (Å²) in [5.74, 6) is 0.818. The lowest BCUT2D eigenvalue weighted by Crippen LogP contribution is -2.38. The van der Waals surface area contributed by atoms with Crippen molar-refractivity contribution < 1.29 is 13.9 Å². The lowest BCUT2D eigenvalue weighted by Gasteiger charge is -2.24. The molecule has 31 heavy (non-hydrogen) atoms. The van der Waals surface area contributed by atoms with Crippen molar-refractivity contribution in [2.75, 3.05) is 6.61 Å². The van der Waals surface area contributed by atoms with Gasteiger partial charge in [-0.1, -0.05) is 72.8 Å². The van der Waals surface area contributed by atoms with Crippen molar-refractivity contribution >= 4 is 16.9 Å². The van der Waals surface area contributed by atoms with Gasteiger partial charge in [-0.05, 0) is 41.7 Å². The van der Waals surface area contributed by atoms with Gasteiger partial charge in [0.1, 0.15) is 17.4 Å². The summed E-state index contributed by atoms with van der Waals surface area (Å²) < 4.78 is 11.7. The van der Waals surface area contributed by atoms with Gasteiger partial charge in [-0.25, -0.2) is 0 Å². The number of para-hydroxylation sites is 1. The van der Waals surface area contributed by atoms with Gasteiger partial charge in [0.2, 0.25) is 0 Å². The minimum absolute atomic E-state index is 0.0325. The van der Waals surface area contributed by atoms with E-state index in [1.54, 1.807) is 0 Å². The smallest absolute Gasteiger partial charge is 0.252 e. The molecule has 0 saturated carbocycles. The summed E-state index contributed by atoms with van der Waals surface area (Å²) in [6, 6.07) is 28.7. The van der Waals surface area contributed by atoms with Crippen LogP contribution in [-0.2, 0) is 22.6 Å². The monoisotopic (exact) mass is 411 g/mol. The van der Waals surface area contributed by atoms with Crippen LogP contribution < -0.4 is 0 Å². The minimum Gasteiger partial charge on any atom is -0.459 e. The molecule has 0 N–H and O–H groups in total. The van der Waals surface area contributed by atoms with Crippen LogP contribution in [0.4, 0.5) is 0 Å². The molecule has 1 atom stereocenters. The fourth-order valence-electron chi connectivity index (χ4n) is 4.14. The predicted molar refractivity (Wildman–Crippen MR) is 121 cm³/mol. The summed E-state index contributed by atoms with van der Waals surface area (Å²) in [6.07, 6.45) is 1.36. The number of carbonyl (C=O) groups is 1. The van der Waals surface area contributed by atoms with Gasteiger partial charge in [-0.15, -0.1) is 0 Å². The van der Waals surface area contributed by atoms with E-state index in [-0.39, 0.29) is 12.0 Å². The third kappa shape index (κ3) is 4.39. The molecular formula is C27H25NO3. The van der Waals surface area contributed by atoms with Crippen LogP contribution in [0.15, 0.2) is 89.3 Å². The average molecular weight is 412 g/mol. The second kappa shape index (κ2) is 8.78. The first-order chi connectivity index (χ1) is 15.3. The molecule has 1 saturated heterocycles. The molecule has 1 amide bonds. The highest BCUT2D eigenvalue weighted by Crippen LogP contribution is 2.24. The Balaban J connectivity index is 1.38.